The van der Waals surface area contributed by atoms with Gasteiger partial charge in [0.15, 0.2) is 0 Å². The Labute approximate surface area is 76.4 Å². The van der Waals surface area contributed by atoms with Crippen molar-refractivity contribution in [2.75, 3.05) is 13.2 Å². The van der Waals surface area contributed by atoms with Gasteiger partial charge in [-0.25, -0.2) is 0 Å². The molecule has 0 saturated heterocycles. The molecule has 2 heterocycles. The average molecular weight is 177 g/mol. The van der Waals surface area contributed by atoms with Gasteiger partial charge in [0.1, 0.15) is 18.1 Å². The molecule has 1 aromatic rings. The molecule has 0 aromatic heterocycles. The van der Waals surface area contributed by atoms with Crippen molar-refractivity contribution >= 4 is 0 Å². The van der Waals surface area contributed by atoms with Crippen LogP contribution in [0.2, 0.25) is 0 Å². The SMILES string of the molecule is NC1COc2c1ccc1c2CCO1. The highest BCUT2D eigenvalue weighted by Crippen LogP contribution is 2.41. The van der Waals surface area contributed by atoms with E-state index in [0.717, 1.165) is 30.1 Å². The summed E-state index contributed by atoms with van der Waals surface area (Å²) in [6.07, 6.45) is 0.950. The Hall–Kier alpha value is -1.22. The number of ether oxygens (including phenoxy) is 2. The van der Waals surface area contributed by atoms with Gasteiger partial charge in [-0.1, -0.05) is 0 Å². The Bertz CT molecular complexity index is 362. The van der Waals surface area contributed by atoms with Gasteiger partial charge < -0.3 is 15.2 Å². The quantitative estimate of drug-likeness (QED) is 0.643. The first-order valence-electron chi connectivity index (χ1n) is 4.53. The molecule has 0 amide bonds. The van der Waals surface area contributed by atoms with Crippen LogP contribution < -0.4 is 15.2 Å². The van der Waals surface area contributed by atoms with Crippen LogP contribution in [-0.4, -0.2) is 13.2 Å². The van der Waals surface area contributed by atoms with E-state index in [-0.39, 0.29) is 6.04 Å². The van der Waals surface area contributed by atoms with Crippen molar-refractivity contribution in [3.05, 3.63) is 23.3 Å². The highest BCUT2D eigenvalue weighted by atomic mass is 16.5. The van der Waals surface area contributed by atoms with Gasteiger partial charge in [0.2, 0.25) is 0 Å². The lowest BCUT2D eigenvalue weighted by Crippen LogP contribution is -2.10. The van der Waals surface area contributed by atoms with E-state index in [1.54, 1.807) is 0 Å². The summed E-state index contributed by atoms with van der Waals surface area (Å²) in [6, 6.07) is 4.05. The van der Waals surface area contributed by atoms with Gasteiger partial charge in [0.05, 0.1) is 12.6 Å². The van der Waals surface area contributed by atoms with E-state index in [4.69, 9.17) is 15.2 Å². The van der Waals surface area contributed by atoms with Crippen molar-refractivity contribution in [3.63, 3.8) is 0 Å². The smallest absolute Gasteiger partial charge is 0.131 e. The maximum atomic E-state index is 5.87. The number of benzene rings is 1. The minimum Gasteiger partial charge on any atom is -0.493 e. The van der Waals surface area contributed by atoms with Gasteiger partial charge in [-0.15, -0.1) is 0 Å². The highest BCUT2D eigenvalue weighted by Gasteiger charge is 2.27. The molecule has 68 valence electrons. The van der Waals surface area contributed by atoms with E-state index in [1.807, 2.05) is 12.1 Å². The molecule has 0 saturated carbocycles. The third-order valence-corrected chi connectivity index (χ3v) is 2.66. The van der Waals surface area contributed by atoms with E-state index in [0.29, 0.717) is 6.61 Å². The molecular weight excluding hydrogens is 166 g/mol. The van der Waals surface area contributed by atoms with Crippen LogP contribution in [0.4, 0.5) is 0 Å². The second-order valence-electron chi connectivity index (χ2n) is 3.48. The summed E-state index contributed by atoms with van der Waals surface area (Å²) in [5.74, 6) is 1.94. The standard InChI is InChI=1S/C10H11NO2/c11-8-5-13-10-6(8)1-2-9-7(10)3-4-12-9/h1-2,8H,3-5,11H2. The molecule has 3 nitrogen and oxygen atoms in total. The maximum Gasteiger partial charge on any atom is 0.131 e. The Kier molecular flexibility index (Phi) is 1.32. The predicted octanol–water partition coefficient (Wildman–Crippen LogP) is 1.01. The average Bonchev–Trinajstić information content (AvgIpc) is 2.70. The summed E-state index contributed by atoms with van der Waals surface area (Å²) in [5.41, 5.74) is 8.20. The molecule has 1 atom stereocenters. The number of hydrogen-bond donors (Lipinski definition) is 1. The summed E-state index contributed by atoms with van der Waals surface area (Å²) in [5, 5.41) is 0. The number of fused-ring (bicyclic) bond motifs is 3. The van der Waals surface area contributed by atoms with Gasteiger partial charge in [-0.3, -0.25) is 0 Å². The molecule has 0 radical (unpaired) electrons. The fourth-order valence-electron chi connectivity index (χ4n) is 1.99. The molecule has 0 spiro atoms. The van der Waals surface area contributed by atoms with Crippen molar-refractivity contribution in [1.29, 1.82) is 0 Å². The van der Waals surface area contributed by atoms with Gasteiger partial charge in [-0.2, -0.15) is 0 Å². The first kappa shape index (κ1) is 7.21. The normalized spacial score (nSPS) is 23.3. The zero-order chi connectivity index (χ0) is 8.84. The first-order valence-corrected chi connectivity index (χ1v) is 4.53. The molecule has 2 aliphatic heterocycles. The maximum absolute atomic E-state index is 5.87. The van der Waals surface area contributed by atoms with Crippen LogP contribution in [0.3, 0.4) is 0 Å². The first-order chi connectivity index (χ1) is 6.36. The van der Waals surface area contributed by atoms with E-state index < -0.39 is 0 Å². The third kappa shape index (κ3) is 0.877. The van der Waals surface area contributed by atoms with Gasteiger partial charge in [0.25, 0.3) is 0 Å². The zero-order valence-electron chi connectivity index (χ0n) is 7.25. The van der Waals surface area contributed by atoms with Crippen molar-refractivity contribution in [2.24, 2.45) is 5.73 Å². The number of rotatable bonds is 0. The molecule has 1 unspecified atom stereocenters. The van der Waals surface area contributed by atoms with Crippen LogP contribution >= 0.6 is 0 Å². The molecule has 0 aliphatic carbocycles. The molecule has 1 aromatic carbocycles. The van der Waals surface area contributed by atoms with Crippen molar-refractivity contribution in [2.45, 2.75) is 12.5 Å². The number of nitrogens with two attached hydrogens (primary N) is 1. The second kappa shape index (κ2) is 2.39. The Morgan fingerprint density at radius 1 is 1.31 bits per heavy atom. The summed E-state index contributed by atoms with van der Waals surface area (Å²) < 4.78 is 11.0. The highest BCUT2D eigenvalue weighted by molar-refractivity contribution is 5.54. The molecule has 3 rings (SSSR count). The summed E-state index contributed by atoms with van der Waals surface area (Å²) >= 11 is 0. The fourth-order valence-corrected chi connectivity index (χ4v) is 1.99. The fraction of sp³-hybridized carbons (Fsp3) is 0.400. The van der Waals surface area contributed by atoms with Crippen LogP contribution in [0.25, 0.3) is 0 Å². The minimum atomic E-state index is 0.0425. The minimum absolute atomic E-state index is 0.0425. The zero-order valence-corrected chi connectivity index (χ0v) is 7.25. The molecule has 0 fully saturated rings. The largest absolute Gasteiger partial charge is 0.493 e. The van der Waals surface area contributed by atoms with Crippen molar-refractivity contribution < 1.29 is 9.47 Å². The van der Waals surface area contributed by atoms with Gasteiger partial charge in [-0.05, 0) is 12.1 Å². The lowest BCUT2D eigenvalue weighted by Gasteiger charge is -2.04. The Balaban J connectivity index is 2.21. The van der Waals surface area contributed by atoms with Gasteiger partial charge in [0, 0.05) is 17.5 Å². The van der Waals surface area contributed by atoms with E-state index in [2.05, 4.69) is 0 Å². The van der Waals surface area contributed by atoms with Gasteiger partial charge >= 0.3 is 0 Å². The van der Waals surface area contributed by atoms with E-state index in [9.17, 15) is 0 Å². The summed E-state index contributed by atoms with van der Waals surface area (Å²) in [7, 11) is 0. The third-order valence-electron chi connectivity index (χ3n) is 2.66. The number of hydrogen-bond acceptors (Lipinski definition) is 3. The lowest BCUT2D eigenvalue weighted by atomic mass is 10.0. The monoisotopic (exact) mass is 177 g/mol. The van der Waals surface area contributed by atoms with Crippen LogP contribution in [-0.2, 0) is 6.42 Å². The summed E-state index contributed by atoms with van der Waals surface area (Å²) in [6.45, 7) is 1.37. The van der Waals surface area contributed by atoms with Crippen LogP contribution in [0.1, 0.15) is 17.2 Å². The van der Waals surface area contributed by atoms with Crippen molar-refractivity contribution in [1.82, 2.24) is 0 Å². The lowest BCUT2D eigenvalue weighted by molar-refractivity contribution is 0.331. The molecular formula is C10H11NO2. The van der Waals surface area contributed by atoms with Crippen LogP contribution in [0.15, 0.2) is 12.1 Å². The van der Waals surface area contributed by atoms with E-state index >= 15 is 0 Å². The summed E-state index contributed by atoms with van der Waals surface area (Å²) in [4.78, 5) is 0. The topological polar surface area (TPSA) is 44.5 Å². The molecule has 2 N–H and O–H groups in total. The Morgan fingerprint density at radius 2 is 2.23 bits per heavy atom. The molecule has 13 heavy (non-hydrogen) atoms. The predicted molar refractivity (Wildman–Crippen MR) is 48.1 cm³/mol. The van der Waals surface area contributed by atoms with E-state index in [1.165, 1.54) is 5.56 Å². The van der Waals surface area contributed by atoms with Crippen molar-refractivity contribution in [3.8, 4) is 11.5 Å². The van der Waals surface area contributed by atoms with Crippen LogP contribution in [0.5, 0.6) is 11.5 Å². The second-order valence-corrected chi connectivity index (χ2v) is 3.48. The molecule has 3 heteroatoms. The molecule has 2 aliphatic rings. The van der Waals surface area contributed by atoms with Crippen LogP contribution in [0, 0.1) is 0 Å². The molecule has 0 bridgehead atoms. The Morgan fingerprint density at radius 3 is 3.15 bits per heavy atom.